The van der Waals surface area contributed by atoms with E-state index in [2.05, 4.69) is 10.8 Å². The van der Waals surface area contributed by atoms with Crippen LogP contribution in [0.25, 0.3) is 0 Å². The number of rotatable bonds is 2. The SMILES string of the molecule is Nc1nc(COC#P=O)cs1. The van der Waals surface area contributed by atoms with Gasteiger partial charge in [0.25, 0.3) is 0 Å². The van der Waals surface area contributed by atoms with Crippen LogP contribution in [0.3, 0.4) is 0 Å². The van der Waals surface area contributed by atoms with Crippen molar-refractivity contribution in [3.63, 3.8) is 0 Å². The van der Waals surface area contributed by atoms with Crippen molar-refractivity contribution in [3.8, 4) is 5.81 Å². The molecule has 0 amide bonds. The third-order valence-corrected chi connectivity index (χ3v) is 1.82. The molecule has 0 aliphatic rings. The summed E-state index contributed by atoms with van der Waals surface area (Å²) in [6.07, 6.45) is 0. The molecule has 0 aliphatic heterocycles. The summed E-state index contributed by atoms with van der Waals surface area (Å²) in [4.78, 5) is 3.91. The number of anilines is 1. The third-order valence-electron chi connectivity index (χ3n) is 0.891. The number of ether oxygens (including phenoxy) is 1. The maximum atomic E-state index is 9.82. The van der Waals surface area contributed by atoms with Gasteiger partial charge in [-0.05, 0) is 0 Å². The molecule has 0 saturated carbocycles. The molecule has 1 heterocycles. The van der Waals surface area contributed by atoms with Crippen LogP contribution in [0.5, 0.6) is 0 Å². The Kier molecular flexibility index (Phi) is 3.33. The molecule has 0 fully saturated rings. The molecular formula is C5H5N2O2PS. The fourth-order valence-corrected chi connectivity index (χ4v) is 1.19. The normalized spacial score (nSPS) is 9.09. The van der Waals surface area contributed by atoms with E-state index in [1.54, 1.807) is 5.38 Å². The minimum absolute atomic E-state index is 0.256. The van der Waals surface area contributed by atoms with E-state index in [-0.39, 0.29) is 14.5 Å². The number of hydrogen-bond donors (Lipinski definition) is 1. The van der Waals surface area contributed by atoms with E-state index in [0.717, 1.165) is 5.69 Å². The van der Waals surface area contributed by atoms with Crippen molar-refractivity contribution < 1.29 is 9.30 Å². The first-order valence-corrected chi connectivity index (χ1v) is 4.41. The van der Waals surface area contributed by atoms with Gasteiger partial charge in [-0.25, -0.2) is 0 Å². The Labute approximate surface area is 68.5 Å². The predicted octanol–water partition coefficient (Wildman–Crippen LogP) is 1.45. The van der Waals surface area contributed by atoms with Crippen molar-refractivity contribution in [3.05, 3.63) is 11.1 Å². The number of thiazole rings is 1. The van der Waals surface area contributed by atoms with Crippen LogP contribution >= 0.6 is 19.3 Å². The molecule has 11 heavy (non-hydrogen) atoms. The average molecular weight is 188 g/mol. The van der Waals surface area contributed by atoms with Crippen molar-refractivity contribution >= 4 is 24.4 Å². The molecule has 1 rings (SSSR count). The molecule has 0 aliphatic carbocycles. The van der Waals surface area contributed by atoms with Crippen molar-refractivity contribution in [1.29, 1.82) is 0 Å². The van der Waals surface area contributed by atoms with E-state index in [4.69, 9.17) is 10.5 Å². The van der Waals surface area contributed by atoms with Crippen LogP contribution in [-0.2, 0) is 15.9 Å². The first-order valence-electron chi connectivity index (χ1n) is 2.72. The van der Waals surface area contributed by atoms with Gasteiger partial charge in [-0.2, -0.15) is 0 Å². The zero-order valence-corrected chi connectivity index (χ0v) is 7.19. The molecule has 0 atom stereocenters. The molecule has 0 spiro atoms. The zero-order valence-electron chi connectivity index (χ0n) is 5.48. The van der Waals surface area contributed by atoms with Crippen molar-refractivity contribution in [2.45, 2.75) is 6.61 Å². The topological polar surface area (TPSA) is 65.2 Å². The molecule has 4 nitrogen and oxygen atoms in total. The summed E-state index contributed by atoms with van der Waals surface area (Å²) in [5.74, 6) is 2.15. The molecule has 0 saturated heterocycles. The van der Waals surface area contributed by atoms with Crippen LogP contribution in [-0.4, -0.2) is 4.98 Å². The molecule has 0 aromatic carbocycles. The molecular weight excluding hydrogens is 183 g/mol. The monoisotopic (exact) mass is 188 g/mol. The summed E-state index contributed by atoms with van der Waals surface area (Å²) >= 11 is 1.34. The Morgan fingerprint density at radius 2 is 2.73 bits per heavy atom. The number of nitrogens with zero attached hydrogens (tertiary/aromatic N) is 1. The van der Waals surface area contributed by atoms with Crippen LogP contribution in [0.2, 0.25) is 0 Å². The van der Waals surface area contributed by atoms with E-state index in [1.807, 2.05) is 0 Å². The first-order chi connectivity index (χ1) is 5.33. The van der Waals surface area contributed by atoms with Gasteiger partial charge in [-0.15, -0.1) is 0 Å². The Hall–Kier alpha value is -0.600. The second-order valence-corrected chi connectivity index (χ2v) is 2.90. The van der Waals surface area contributed by atoms with Crippen LogP contribution in [0.1, 0.15) is 5.69 Å². The van der Waals surface area contributed by atoms with Gasteiger partial charge >= 0.3 is 67.9 Å². The summed E-state index contributed by atoms with van der Waals surface area (Å²) in [6, 6.07) is 0. The molecule has 2 N–H and O–H groups in total. The second kappa shape index (κ2) is 4.31. The molecule has 6 heteroatoms. The molecule has 1 aromatic heterocycles. The minimum atomic E-state index is -0.256. The van der Waals surface area contributed by atoms with Gasteiger partial charge in [0.05, 0.1) is 0 Å². The van der Waals surface area contributed by atoms with Crippen molar-refractivity contribution in [2.75, 3.05) is 5.73 Å². The summed E-state index contributed by atoms with van der Waals surface area (Å²) in [5, 5.41) is 2.28. The molecule has 0 radical (unpaired) electrons. The van der Waals surface area contributed by atoms with Gasteiger partial charge in [0.2, 0.25) is 0 Å². The van der Waals surface area contributed by atoms with Gasteiger partial charge in [0, 0.05) is 0 Å². The van der Waals surface area contributed by atoms with Gasteiger partial charge in [-0.1, -0.05) is 0 Å². The van der Waals surface area contributed by atoms with Gasteiger partial charge in [0.15, 0.2) is 0 Å². The van der Waals surface area contributed by atoms with Crippen LogP contribution in [0.4, 0.5) is 5.13 Å². The fourth-order valence-electron chi connectivity index (χ4n) is 0.521. The quantitative estimate of drug-likeness (QED) is 0.713. The van der Waals surface area contributed by atoms with Crippen molar-refractivity contribution in [2.24, 2.45) is 0 Å². The van der Waals surface area contributed by atoms with E-state index in [1.165, 1.54) is 11.3 Å². The number of hydrogen-bond acceptors (Lipinski definition) is 5. The standard InChI is InChI=1S/C5H5N2O2PS/c6-5-7-4(2-11-5)1-9-3-10-8/h2H,1H2,(H2,6,7). The summed E-state index contributed by atoms with van der Waals surface area (Å²) in [6.45, 7) is 0.267. The molecule has 0 unspecified atom stereocenters. The van der Waals surface area contributed by atoms with Crippen LogP contribution in [0, 0.1) is 5.81 Å². The zero-order chi connectivity index (χ0) is 8.10. The number of nitrogens with two attached hydrogens (primary N) is 1. The van der Waals surface area contributed by atoms with E-state index in [9.17, 15) is 4.57 Å². The van der Waals surface area contributed by atoms with Gasteiger partial charge in [0.1, 0.15) is 0 Å². The third kappa shape index (κ3) is 2.87. The van der Waals surface area contributed by atoms with Gasteiger partial charge in [-0.3, -0.25) is 0 Å². The first kappa shape index (κ1) is 8.50. The molecule has 0 bridgehead atoms. The fraction of sp³-hybridized carbons (Fsp3) is 0.200. The Balaban J connectivity index is 2.49. The van der Waals surface area contributed by atoms with Crippen LogP contribution < -0.4 is 5.73 Å². The number of nitrogen functional groups attached to an aromatic ring is 1. The predicted molar refractivity (Wildman–Crippen MR) is 42.8 cm³/mol. The molecule has 58 valence electrons. The van der Waals surface area contributed by atoms with Crippen LogP contribution in [0.15, 0.2) is 5.38 Å². The summed E-state index contributed by atoms with van der Waals surface area (Å²) in [7, 11) is -0.256. The Bertz CT molecular complexity index is 331. The summed E-state index contributed by atoms with van der Waals surface area (Å²) < 4.78 is 14.5. The number of aromatic nitrogens is 1. The average Bonchev–Trinajstić information content (AvgIpc) is 2.37. The van der Waals surface area contributed by atoms with Gasteiger partial charge < -0.3 is 0 Å². The van der Waals surface area contributed by atoms with E-state index >= 15 is 0 Å². The van der Waals surface area contributed by atoms with Crippen molar-refractivity contribution in [1.82, 2.24) is 4.98 Å². The summed E-state index contributed by atoms with van der Waals surface area (Å²) in [5.41, 5.74) is 6.08. The maximum absolute atomic E-state index is 9.82. The van der Waals surface area contributed by atoms with E-state index in [0.29, 0.717) is 5.13 Å². The molecule has 1 aromatic rings. The second-order valence-electron chi connectivity index (χ2n) is 1.65. The van der Waals surface area contributed by atoms with E-state index < -0.39 is 0 Å². The Morgan fingerprint density at radius 1 is 1.91 bits per heavy atom. The Morgan fingerprint density at radius 3 is 3.27 bits per heavy atom.